The van der Waals surface area contributed by atoms with Crippen LogP contribution in [0.2, 0.25) is 5.02 Å². The number of carbonyl (C=O) groups is 2. The molecule has 2 amide bonds. The first-order valence-corrected chi connectivity index (χ1v) is 18.2. The van der Waals surface area contributed by atoms with Crippen molar-refractivity contribution in [2.45, 2.75) is 49.6 Å². The van der Waals surface area contributed by atoms with E-state index in [1.54, 1.807) is 55.5 Å². The molecule has 258 valence electrons. The van der Waals surface area contributed by atoms with Crippen LogP contribution in [0.5, 0.6) is 11.5 Å². The number of hydrogen-bond donors (Lipinski definition) is 1. The van der Waals surface area contributed by atoms with Gasteiger partial charge in [-0.3, -0.25) is 9.59 Å². The van der Waals surface area contributed by atoms with Crippen molar-refractivity contribution in [2.75, 3.05) is 33.9 Å². The highest BCUT2D eigenvalue weighted by atomic mass is 35.5. The van der Waals surface area contributed by atoms with Gasteiger partial charge in [0, 0.05) is 37.6 Å². The van der Waals surface area contributed by atoms with Crippen LogP contribution in [0.15, 0.2) is 102 Å². The lowest BCUT2D eigenvalue weighted by molar-refractivity contribution is -0.141. The molecule has 0 unspecified atom stereocenters. The maximum atomic E-state index is 14.1. The standard InChI is InChI=1S/C38H42ClN3O6S/c1-47-34-20-14-29(26-35(34)48-2)22-23-40-38(44)37(31-8-4-3-5-9-31)42(27-30-10-16-32(39)17-11-30)36(43)21-15-28-12-18-33(19-13-28)49(45,46)41-24-6-7-25-41/h3-5,8-14,16-20,26,37H,6-7,15,21-25,27H2,1-2H3,(H,40,44)/t37-/m1/s1. The van der Waals surface area contributed by atoms with E-state index in [0.29, 0.717) is 54.6 Å². The molecule has 4 aromatic rings. The number of halogens is 1. The first kappa shape index (κ1) is 35.9. The minimum absolute atomic E-state index is 0.119. The smallest absolute Gasteiger partial charge is 0.247 e. The first-order chi connectivity index (χ1) is 23.7. The van der Waals surface area contributed by atoms with E-state index in [0.717, 1.165) is 29.5 Å². The Hall–Kier alpha value is -4.38. The number of methoxy groups -OCH3 is 2. The summed E-state index contributed by atoms with van der Waals surface area (Å²) in [7, 11) is -0.370. The van der Waals surface area contributed by atoms with Crippen LogP contribution in [0.4, 0.5) is 0 Å². The molecule has 1 aliphatic heterocycles. The molecule has 1 aliphatic rings. The van der Waals surface area contributed by atoms with Crippen LogP contribution in [0, 0.1) is 0 Å². The number of carbonyl (C=O) groups excluding carboxylic acids is 2. The summed E-state index contributed by atoms with van der Waals surface area (Å²) in [4.78, 5) is 30.0. The lowest BCUT2D eigenvalue weighted by atomic mass is 10.0. The SMILES string of the molecule is COc1ccc(CCNC(=O)[C@@H](c2ccccc2)N(Cc2ccc(Cl)cc2)C(=O)CCc2ccc(S(=O)(=O)N3CCCC3)cc2)cc1OC. The molecule has 1 atom stereocenters. The average molecular weight is 704 g/mol. The molecule has 4 aromatic carbocycles. The summed E-state index contributed by atoms with van der Waals surface area (Å²) in [6.07, 6.45) is 2.77. The largest absolute Gasteiger partial charge is 0.493 e. The Labute approximate surface area is 293 Å². The van der Waals surface area contributed by atoms with Crippen molar-refractivity contribution in [3.05, 3.63) is 124 Å². The van der Waals surface area contributed by atoms with E-state index >= 15 is 0 Å². The van der Waals surface area contributed by atoms with Crippen molar-refractivity contribution in [1.82, 2.24) is 14.5 Å². The molecular formula is C38H42ClN3O6S. The molecule has 11 heteroatoms. The molecular weight excluding hydrogens is 662 g/mol. The molecule has 0 bridgehead atoms. The quantitative estimate of drug-likeness (QED) is 0.158. The molecule has 5 rings (SSSR count). The van der Waals surface area contributed by atoms with Crippen molar-refractivity contribution in [3.63, 3.8) is 0 Å². The summed E-state index contributed by atoms with van der Waals surface area (Å²) in [5.74, 6) is 0.716. The van der Waals surface area contributed by atoms with Gasteiger partial charge in [-0.15, -0.1) is 0 Å². The van der Waals surface area contributed by atoms with Crippen molar-refractivity contribution in [2.24, 2.45) is 0 Å². The molecule has 0 saturated carbocycles. The van der Waals surface area contributed by atoms with Gasteiger partial charge in [0.25, 0.3) is 0 Å². The highest BCUT2D eigenvalue weighted by Gasteiger charge is 2.32. The number of benzene rings is 4. The van der Waals surface area contributed by atoms with E-state index in [-0.39, 0.29) is 29.7 Å². The molecule has 49 heavy (non-hydrogen) atoms. The number of amides is 2. The van der Waals surface area contributed by atoms with E-state index in [2.05, 4.69) is 5.32 Å². The summed E-state index contributed by atoms with van der Waals surface area (Å²) in [6, 6.07) is 27.9. The highest BCUT2D eigenvalue weighted by molar-refractivity contribution is 7.89. The maximum absolute atomic E-state index is 14.1. The van der Waals surface area contributed by atoms with Gasteiger partial charge in [-0.1, -0.05) is 72.3 Å². The van der Waals surface area contributed by atoms with Crippen molar-refractivity contribution >= 4 is 33.4 Å². The maximum Gasteiger partial charge on any atom is 0.247 e. The van der Waals surface area contributed by atoms with Crippen LogP contribution in [-0.2, 0) is 39.0 Å². The number of hydrogen-bond acceptors (Lipinski definition) is 6. The van der Waals surface area contributed by atoms with Gasteiger partial charge in [0.2, 0.25) is 21.8 Å². The normalized spacial score (nSPS) is 13.9. The van der Waals surface area contributed by atoms with Gasteiger partial charge in [0.05, 0.1) is 19.1 Å². The van der Waals surface area contributed by atoms with Gasteiger partial charge in [-0.2, -0.15) is 4.31 Å². The zero-order valence-corrected chi connectivity index (χ0v) is 29.4. The van der Waals surface area contributed by atoms with Crippen LogP contribution in [0.3, 0.4) is 0 Å². The molecule has 0 aliphatic carbocycles. The Morgan fingerprint density at radius 1 is 0.816 bits per heavy atom. The molecule has 1 saturated heterocycles. The van der Waals surface area contributed by atoms with Crippen molar-refractivity contribution < 1.29 is 27.5 Å². The summed E-state index contributed by atoms with van der Waals surface area (Å²) in [5.41, 5.74) is 3.30. The monoisotopic (exact) mass is 703 g/mol. The van der Waals surface area contributed by atoms with E-state index in [9.17, 15) is 18.0 Å². The Kier molecular flexibility index (Phi) is 12.3. The van der Waals surface area contributed by atoms with Crippen LogP contribution in [0.25, 0.3) is 0 Å². The lowest BCUT2D eigenvalue weighted by Crippen LogP contribution is -2.44. The molecule has 1 heterocycles. The van der Waals surface area contributed by atoms with Gasteiger partial charge in [0.15, 0.2) is 11.5 Å². The Balaban J connectivity index is 1.35. The predicted molar refractivity (Wildman–Crippen MR) is 190 cm³/mol. The zero-order chi connectivity index (χ0) is 34.8. The third-order valence-electron chi connectivity index (χ3n) is 8.68. The molecule has 0 spiro atoms. The molecule has 9 nitrogen and oxygen atoms in total. The minimum Gasteiger partial charge on any atom is -0.493 e. The van der Waals surface area contributed by atoms with Crippen LogP contribution in [-0.4, -0.2) is 63.3 Å². The Morgan fingerprint density at radius 3 is 2.10 bits per heavy atom. The van der Waals surface area contributed by atoms with Crippen LogP contribution in [0.1, 0.15) is 47.6 Å². The molecule has 0 aromatic heterocycles. The summed E-state index contributed by atoms with van der Waals surface area (Å²) < 4.78 is 38.3. The third kappa shape index (κ3) is 9.20. The van der Waals surface area contributed by atoms with Gasteiger partial charge in [-0.25, -0.2) is 8.42 Å². The number of nitrogens with zero attached hydrogens (tertiary/aromatic N) is 2. The highest BCUT2D eigenvalue weighted by Crippen LogP contribution is 2.29. The average Bonchev–Trinajstić information content (AvgIpc) is 3.68. The minimum atomic E-state index is -3.53. The number of aryl methyl sites for hydroxylation is 1. The number of ether oxygens (including phenoxy) is 2. The second-order valence-electron chi connectivity index (χ2n) is 11.9. The molecule has 1 fully saturated rings. The third-order valence-corrected chi connectivity index (χ3v) is 10.8. The van der Waals surface area contributed by atoms with E-state index in [4.69, 9.17) is 21.1 Å². The summed E-state index contributed by atoms with van der Waals surface area (Å²) in [6.45, 7) is 1.60. The Morgan fingerprint density at radius 2 is 1.45 bits per heavy atom. The number of rotatable bonds is 15. The summed E-state index contributed by atoms with van der Waals surface area (Å²) >= 11 is 6.16. The molecule has 1 N–H and O–H groups in total. The summed E-state index contributed by atoms with van der Waals surface area (Å²) in [5, 5.41) is 3.63. The van der Waals surface area contributed by atoms with E-state index in [1.165, 1.54) is 4.31 Å². The van der Waals surface area contributed by atoms with E-state index in [1.807, 2.05) is 60.7 Å². The van der Waals surface area contributed by atoms with E-state index < -0.39 is 16.1 Å². The zero-order valence-electron chi connectivity index (χ0n) is 27.8. The van der Waals surface area contributed by atoms with Crippen molar-refractivity contribution in [3.8, 4) is 11.5 Å². The van der Waals surface area contributed by atoms with Crippen molar-refractivity contribution in [1.29, 1.82) is 0 Å². The topological polar surface area (TPSA) is 105 Å². The number of nitrogens with one attached hydrogen (secondary N) is 1. The lowest BCUT2D eigenvalue weighted by Gasteiger charge is -2.32. The second kappa shape index (κ2) is 16.8. The molecule has 0 radical (unpaired) electrons. The predicted octanol–water partition coefficient (Wildman–Crippen LogP) is 6.20. The second-order valence-corrected chi connectivity index (χ2v) is 14.3. The fraction of sp³-hybridized carbons (Fsp3) is 0.316. The first-order valence-electron chi connectivity index (χ1n) is 16.4. The van der Waals surface area contributed by atoms with Crippen LogP contribution < -0.4 is 14.8 Å². The fourth-order valence-corrected chi connectivity index (χ4v) is 7.62. The van der Waals surface area contributed by atoms with Gasteiger partial charge >= 0.3 is 0 Å². The van der Waals surface area contributed by atoms with Gasteiger partial charge < -0.3 is 19.7 Å². The number of sulfonamides is 1. The fourth-order valence-electron chi connectivity index (χ4n) is 5.98. The van der Waals surface area contributed by atoms with Gasteiger partial charge in [0.1, 0.15) is 6.04 Å². The van der Waals surface area contributed by atoms with Gasteiger partial charge in [-0.05, 0) is 84.3 Å². The Bertz CT molecular complexity index is 1810. The van der Waals surface area contributed by atoms with Crippen LogP contribution >= 0.6 is 11.6 Å².